The fourth-order valence-corrected chi connectivity index (χ4v) is 3.46. The first kappa shape index (κ1) is 17.9. The summed E-state index contributed by atoms with van der Waals surface area (Å²) in [6, 6.07) is 4.45. The lowest BCUT2D eigenvalue weighted by Gasteiger charge is -2.34. The summed E-state index contributed by atoms with van der Waals surface area (Å²) in [5, 5.41) is 12.7. The second kappa shape index (κ2) is 7.56. The number of amides is 1. The fourth-order valence-electron chi connectivity index (χ4n) is 3.46. The maximum atomic E-state index is 13.8. The minimum atomic E-state index is -0.304. The molecule has 3 rings (SSSR count). The van der Waals surface area contributed by atoms with Gasteiger partial charge in [0, 0.05) is 30.4 Å². The van der Waals surface area contributed by atoms with Crippen LogP contribution in [0.4, 0.5) is 10.1 Å². The number of rotatable bonds is 5. The summed E-state index contributed by atoms with van der Waals surface area (Å²) in [7, 11) is 0. The van der Waals surface area contributed by atoms with E-state index in [9.17, 15) is 14.3 Å². The SMILES string of the molecule is C/C(=C/C(=O)NC(C)c1cc(F)ccc1N1CCC(O)CC1)C1CC1. The number of halogens is 1. The Morgan fingerprint density at radius 3 is 2.64 bits per heavy atom. The maximum Gasteiger partial charge on any atom is 0.244 e. The topological polar surface area (TPSA) is 52.6 Å². The van der Waals surface area contributed by atoms with Crippen LogP contribution >= 0.6 is 0 Å². The molecule has 1 saturated carbocycles. The van der Waals surface area contributed by atoms with E-state index >= 15 is 0 Å². The zero-order chi connectivity index (χ0) is 18.0. The number of anilines is 1. The first-order valence-electron chi connectivity index (χ1n) is 9.15. The predicted molar refractivity (Wildman–Crippen MR) is 96.9 cm³/mol. The largest absolute Gasteiger partial charge is 0.393 e. The van der Waals surface area contributed by atoms with Gasteiger partial charge in [0.25, 0.3) is 0 Å². The Morgan fingerprint density at radius 2 is 2.00 bits per heavy atom. The van der Waals surface area contributed by atoms with Crippen molar-refractivity contribution in [3.05, 3.63) is 41.2 Å². The molecule has 2 N–H and O–H groups in total. The van der Waals surface area contributed by atoms with E-state index < -0.39 is 0 Å². The van der Waals surface area contributed by atoms with Gasteiger partial charge in [-0.2, -0.15) is 0 Å². The highest BCUT2D eigenvalue weighted by atomic mass is 19.1. The molecule has 2 aliphatic rings. The molecule has 1 heterocycles. The van der Waals surface area contributed by atoms with Gasteiger partial charge in [-0.1, -0.05) is 5.57 Å². The van der Waals surface area contributed by atoms with Gasteiger partial charge in [0.15, 0.2) is 0 Å². The molecule has 0 aromatic heterocycles. The normalized spacial score (nSPS) is 20.5. The number of hydrogen-bond acceptors (Lipinski definition) is 3. The van der Waals surface area contributed by atoms with E-state index in [0.29, 0.717) is 18.8 Å². The van der Waals surface area contributed by atoms with Crippen molar-refractivity contribution in [2.24, 2.45) is 5.92 Å². The molecular formula is C20H27FN2O2. The number of benzene rings is 1. The minimum absolute atomic E-state index is 0.124. The number of carbonyl (C=O) groups excluding carboxylic acids is 1. The average Bonchev–Trinajstić information content (AvgIpc) is 3.40. The summed E-state index contributed by atoms with van der Waals surface area (Å²) >= 11 is 0. The van der Waals surface area contributed by atoms with Crippen molar-refractivity contribution in [2.45, 2.75) is 51.7 Å². The number of allylic oxidation sites excluding steroid dienone is 1. The molecule has 25 heavy (non-hydrogen) atoms. The molecule has 1 atom stereocenters. The van der Waals surface area contributed by atoms with E-state index in [1.807, 2.05) is 13.8 Å². The quantitative estimate of drug-likeness (QED) is 0.804. The lowest BCUT2D eigenvalue weighted by molar-refractivity contribution is -0.117. The molecule has 1 unspecified atom stereocenters. The van der Waals surface area contributed by atoms with Crippen LogP contribution in [0, 0.1) is 11.7 Å². The number of nitrogens with one attached hydrogen (secondary N) is 1. The smallest absolute Gasteiger partial charge is 0.244 e. The van der Waals surface area contributed by atoms with Crippen molar-refractivity contribution >= 4 is 11.6 Å². The van der Waals surface area contributed by atoms with E-state index in [-0.39, 0.29) is 23.9 Å². The standard InChI is InChI=1S/C20H27FN2O2/c1-13(15-3-4-15)11-20(25)22-14(2)18-12-16(21)5-6-19(18)23-9-7-17(24)8-10-23/h5-6,11-12,14-15,17,24H,3-4,7-10H2,1-2H3,(H,22,25)/b13-11-. The maximum absolute atomic E-state index is 13.8. The van der Waals surface area contributed by atoms with Crippen LogP contribution < -0.4 is 10.2 Å². The molecule has 1 saturated heterocycles. The zero-order valence-corrected chi connectivity index (χ0v) is 15.0. The number of hydrogen-bond donors (Lipinski definition) is 2. The van der Waals surface area contributed by atoms with E-state index in [1.165, 1.54) is 25.0 Å². The van der Waals surface area contributed by atoms with Crippen LogP contribution in [0.1, 0.15) is 51.1 Å². The Kier molecular flexibility index (Phi) is 5.42. The van der Waals surface area contributed by atoms with Crippen LogP contribution in [-0.4, -0.2) is 30.2 Å². The van der Waals surface area contributed by atoms with Gasteiger partial charge in [-0.15, -0.1) is 0 Å². The van der Waals surface area contributed by atoms with Crippen molar-refractivity contribution in [3.63, 3.8) is 0 Å². The highest BCUT2D eigenvalue weighted by molar-refractivity contribution is 5.88. The highest BCUT2D eigenvalue weighted by Crippen LogP contribution is 2.36. The van der Waals surface area contributed by atoms with Gasteiger partial charge in [-0.25, -0.2) is 4.39 Å². The summed E-state index contributed by atoms with van der Waals surface area (Å²) in [5.41, 5.74) is 2.83. The monoisotopic (exact) mass is 346 g/mol. The van der Waals surface area contributed by atoms with Gasteiger partial charge in [-0.05, 0) is 63.6 Å². The molecule has 5 heteroatoms. The Labute approximate surface area is 148 Å². The third kappa shape index (κ3) is 4.60. The zero-order valence-electron chi connectivity index (χ0n) is 15.0. The summed E-state index contributed by atoms with van der Waals surface area (Å²) in [6.45, 7) is 5.35. The summed E-state index contributed by atoms with van der Waals surface area (Å²) in [6.07, 6.45) is 5.17. The Morgan fingerprint density at radius 1 is 1.32 bits per heavy atom. The van der Waals surface area contributed by atoms with E-state index in [4.69, 9.17) is 0 Å². The van der Waals surface area contributed by atoms with Gasteiger partial charge in [0.2, 0.25) is 5.91 Å². The third-order valence-corrected chi connectivity index (χ3v) is 5.20. The number of carbonyl (C=O) groups is 1. The van der Waals surface area contributed by atoms with Crippen LogP contribution in [0.5, 0.6) is 0 Å². The van der Waals surface area contributed by atoms with Crippen molar-refractivity contribution in [3.8, 4) is 0 Å². The molecule has 136 valence electrons. The molecule has 0 radical (unpaired) electrons. The molecule has 1 aliphatic heterocycles. The molecule has 0 spiro atoms. The second-order valence-corrected chi connectivity index (χ2v) is 7.31. The van der Waals surface area contributed by atoms with Crippen molar-refractivity contribution in [1.82, 2.24) is 5.32 Å². The highest BCUT2D eigenvalue weighted by Gasteiger charge is 2.25. The molecule has 0 bridgehead atoms. The van der Waals surface area contributed by atoms with Gasteiger partial charge in [-0.3, -0.25) is 4.79 Å². The molecular weight excluding hydrogens is 319 g/mol. The van der Waals surface area contributed by atoms with Crippen LogP contribution in [-0.2, 0) is 4.79 Å². The minimum Gasteiger partial charge on any atom is -0.393 e. The lowest BCUT2D eigenvalue weighted by atomic mass is 10.0. The average molecular weight is 346 g/mol. The van der Waals surface area contributed by atoms with E-state index in [2.05, 4.69) is 10.2 Å². The second-order valence-electron chi connectivity index (χ2n) is 7.31. The van der Waals surface area contributed by atoms with Crippen LogP contribution in [0.3, 0.4) is 0 Å². The van der Waals surface area contributed by atoms with Crippen LogP contribution in [0.15, 0.2) is 29.8 Å². The molecule has 1 aromatic rings. The van der Waals surface area contributed by atoms with Gasteiger partial charge >= 0.3 is 0 Å². The Bertz CT molecular complexity index is 662. The van der Waals surface area contributed by atoms with Gasteiger partial charge < -0.3 is 15.3 Å². The van der Waals surface area contributed by atoms with Gasteiger partial charge in [0.05, 0.1) is 12.1 Å². The first-order valence-corrected chi connectivity index (χ1v) is 9.15. The lowest BCUT2D eigenvalue weighted by Crippen LogP contribution is -2.37. The molecule has 2 fully saturated rings. The number of piperidine rings is 1. The number of aliphatic hydroxyl groups is 1. The van der Waals surface area contributed by atoms with Crippen LogP contribution in [0.25, 0.3) is 0 Å². The summed E-state index contributed by atoms with van der Waals surface area (Å²) < 4.78 is 13.8. The Balaban J connectivity index is 1.74. The predicted octanol–water partition coefficient (Wildman–Crippen LogP) is 3.32. The fraction of sp³-hybridized carbons (Fsp3) is 0.550. The van der Waals surface area contributed by atoms with E-state index in [1.54, 1.807) is 12.1 Å². The van der Waals surface area contributed by atoms with Crippen LogP contribution in [0.2, 0.25) is 0 Å². The molecule has 1 aromatic carbocycles. The molecule has 1 aliphatic carbocycles. The first-order chi connectivity index (χ1) is 11.9. The van der Waals surface area contributed by atoms with E-state index in [0.717, 1.165) is 29.9 Å². The van der Waals surface area contributed by atoms with Crippen molar-refractivity contribution < 1.29 is 14.3 Å². The number of nitrogens with zero attached hydrogens (tertiary/aromatic N) is 1. The number of aliphatic hydroxyl groups excluding tert-OH is 1. The third-order valence-electron chi connectivity index (χ3n) is 5.20. The molecule has 1 amide bonds. The molecule has 4 nitrogen and oxygen atoms in total. The summed E-state index contributed by atoms with van der Waals surface area (Å²) in [4.78, 5) is 14.4. The Hall–Kier alpha value is -1.88. The van der Waals surface area contributed by atoms with Crippen molar-refractivity contribution in [2.75, 3.05) is 18.0 Å². The summed E-state index contributed by atoms with van der Waals surface area (Å²) in [5.74, 6) is 0.133. The van der Waals surface area contributed by atoms with Crippen molar-refractivity contribution in [1.29, 1.82) is 0 Å². The van der Waals surface area contributed by atoms with Gasteiger partial charge in [0.1, 0.15) is 5.82 Å².